The van der Waals surface area contributed by atoms with Crippen molar-refractivity contribution >= 4 is 29.4 Å². The normalized spacial score (nSPS) is 18.9. The third-order valence-electron chi connectivity index (χ3n) is 3.30. The molecule has 8 nitrogen and oxygen atoms in total. The Bertz CT molecular complexity index is 716. The summed E-state index contributed by atoms with van der Waals surface area (Å²) in [4.78, 5) is 33.2. The van der Waals surface area contributed by atoms with Gasteiger partial charge in [-0.1, -0.05) is 0 Å². The molecular formula is C12H13N5O3S. The highest BCUT2D eigenvalue weighted by Gasteiger charge is 2.34. The van der Waals surface area contributed by atoms with Crippen LogP contribution in [0.5, 0.6) is 0 Å². The Morgan fingerprint density at radius 2 is 2.29 bits per heavy atom. The molecule has 1 unspecified atom stereocenters. The van der Waals surface area contributed by atoms with E-state index in [9.17, 15) is 14.7 Å². The van der Waals surface area contributed by atoms with Crippen molar-refractivity contribution in [3.05, 3.63) is 23.8 Å². The number of fused-ring (bicyclic) bond motifs is 1. The molecule has 0 bridgehead atoms. The summed E-state index contributed by atoms with van der Waals surface area (Å²) in [6.07, 6.45) is 1.59. The van der Waals surface area contributed by atoms with Crippen LogP contribution in [-0.4, -0.2) is 65.6 Å². The van der Waals surface area contributed by atoms with Crippen LogP contribution in [-0.2, 0) is 4.79 Å². The fourth-order valence-corrected chi connectivity index (χ4v) is 3.22. The van der Waals surface area contributed by atoms with Crippen molar-refractivity contribution in [2.75, 3.05) is 18.1 Å². The Labute approximate surface area is 124 Å². The summed E-state index contributed by atoms with van der Waals surface area (Å²) in [6, 6.07) is 0.921. The second-order valence-corrected chi connectivity index (χ2v) is 5.81. The minimum absolute atomic E-state index is 0.0186. The Morgan fingerprint density at radius 3 is 3.00 bits per heavy atom. The summed E-state index contributed by atoms with van der Waals surface area (Å²) in [5, 5.41) is 13.4. The van der Waals surface area contributed by atoms with Gasteiger partial charge in [0.2, 0.25) is 5.82 Å². The number of aliphatic carboxylic acids is 1. The summed E-state index contributed by atoms with van der Waals surface area (Å²) in [7, 11) is 0. The lowest BCUT2D eigenvalue weighted by Crippen LogP contribution is -2.50. The number of hydrogen-bond donors (Lipinski definition) is 1. The molecule has 3 heterocycles. The molecule has 1 N–H and O–H groups in total. The largest absolute Gasteiger partial charge is 0.480 e. The van der Waals surface area contributed by atoms with E-state index in [0.29, 0.717) is 23.8 Å². The molecule has 1 amide bonds. The molecule has 0 aliphatic carbocycles. The van der Waals surface area contributed by atoms with Crippen LogP contribution < -0.4 is 0 Å². The van der Waals surface area contributed by atoms with Crippen molar-refractivity contribution in [1.82, 2.24) is 24.5 Å². The smallest absolute Gasteiger partial charge is 0.327 e. The predicted octanol–water partition coefficient (Wildman–Crippen LogP) is 0.0749. The van der Waals surface area contributed by atoms with Gasteiger partial charge in [0.25, 0.3) is 11.7 Å². The number of aryl methyl sites for hydroxylation is 1. The first-order valence-electron chi connectivity index (χ1n) is 6.38. The van der Waals surface area contributed by atoms with E-state index in [2.05, 4.69) is 15.1 Å². The number of nitrogens with zero attached hydrogens (tertiary/aromatic N) is 5. The molecule has 1 saturated heterocycles. The van der Waals surface area contributed by atoms with Crippen LogP contribution in [0.2, 0.25) is 0 Å². The molecule has 1 fully saturated rings. The Morgan fingerprint density at radius 1 is 1.48 bits per heavy atom. The van der Waals surface area contributed by atoms with E-state index in [1.807, 2.05) is 6.92 Å². The number of rotatable bonds is 2. The van der Waals surface area contributed by atoms with Crippen molar-refractivity contribution in [3.8, 4) is 0 Å². The third-order valence-corrected chi connectivity index (χ3v) is 4.32. The molecule has 2 aromatic heterocycles. The van der Waals surface area contributed by atoms with Gasteiger partial charge in [0.05, 0.1) is 0 Å². The number of carboxylic acids is 1. The lowest BCUT2D eigenvalue weighted by Gasteiger charge is -2.31. The van der Waals surface area contributed by atoms with Gasteiger partial charge in [0.15, 0.2) is 0 Å². The fourth-order valence-electron chi connectivity index (χ4n) is 2.18. The van der Waals surface area contributed by atoms with E-state index >= 15 is 0 Å². The molecule has 3 rings (SSSR count). The SMILES string of the molecule is Cc1ccnc2nc(C(=O)N3CCSCC3C(=O)O)nn12. The van der Waals surface area contributed by atoms with E-state index in [4.69, 9.17) is 0 Å². The summed E-state index contributed by atoms with van der Waals surface area (Å²) in [6.45, 7) is 2.21. The second kappa shape index (κ2) is 5.32. The molecule has 9 heteroatoms. The van der Waals surface area contributed by atoms with Gasteiger partial charge in [-0.05, 0) is 13.0 Å². The maximum atomic E-state index is 12.5. The topological polar surface area (TPSA) is 101 Å². The van der Waals surface area contributed by atoms with Crippen LogP contribution in [0.25, 0.3) is 5.78 Å². The van der Waals surface area contributed by atoms with Gasteiger partial charge in [-0.25, -0.2) is 14.3 Å². The predicted molar refractivity (Wildman–Crippen MR) is 75.3 cm³/mol. The number of hydrogen-bond acceptors (Lipinski definition) is 6. The molecule has 1 atom stereocenters. The van der Waals surface area contributed by atoms with E-state index in [-0.39, 0.29) is 5.82 Å². The number of thioether (sulfide) groups is 1. The first-order chi connectivity index (χ1) is 10.1. The van der Waals surface area contributed by atoms with Gasteiger partial charge in [-0.3, -0.25) is 4.79 Å². The van der Waals surface area contributed by atoms with Crippen molar-refractivity contribution < 1.29 is 14.7 Å². The van der Waals surface area contributed by atoms with Crippen molar-refractivity contribution in [2.45, 2.75) is 13.0 Å². The molecule has 0 saturated carbocycles. The van der Waals surface area contributed by atoms with E-state index in [1.54, 1.807) is 12.3 Å². The summed E-state index contributed by atoms with van der Waals surface area (Å²) in [5.41, 5.74) is 0.801. The van der Waals surface area contributed by atoms with Gasteiger partial charge >= 0.3 is 5.97 Å². The van der Waals surface area contributed by atoms with Crippen molar-refractivity contribution in [1.29, 1.82) is 0 Å². The Balaban J connectivity index is 1.95. The quantitative estimate of drug-likeness (QED) is 0.838. The van der Waals surface area contributed by atoms with E-state index in [0.717, 1.165) is 5.69 Å². The highest BCUT2D eigenvalue weighted by Crippen LogP contribution is 2.18. The highest BCUT2D eigenvalue weighted by molar-refractivity contribution is 7.99. The summed E-state index contributed by atoms with van der Waals surface area (Å²) in [5.74, 6) is -0.0703. The average molecular weight is 307 g/mol. The summed E-state index contributed by atoms with van der Waals surface area (Å²) < 4.78 is 1.47. The number of carboxylic acid groups (broad SMARTS) is 1. The number of carbonyl (C=O) groups excluding carboxylic acids is 1. The molecule has 1 aliphatic heterocycles. The van der Waals surface area contributed by atoms with Gasteiger partial charge in [0, 0.05) is 29.9 Å². The van der Waals surface area contributed by atoms with E-state index in [1.165, 1.54) is 21.2 Å². The van der Waals surface area contributed by atoms with Crippen LogP contribution in [0.3, 0.4) is 0 Å². The van der Waals surface area contributed by atoms with Crippen LogP contribution in [0, 0.1) is 6.92 Å². The van der Waals surface area contributed by atoms with Gasteiger partial charge in [-0.15, -0.1) is 5.10 Å². The fraction of sp³-hybridized carbons (Fsp3) is 0.417. The molecule has 0 radical (unpaired) electrons. The maximum Gasteiger partial charge on any atom is 0.327 e. The van der Waals surface area contributed by atoms with Gasteiger partial charge < -0.3 is 10.0 Å². The minimum Gasteiger partial charge on any atom is -0.480 e. The first-order valence-corrected chi connectivity index (χ1v) is 7.53. The second-order valence-electron chi connectivity index (χ2n) is 4.66. The van der Waals surface area contributed by atoms with Gasteiger partial charge in [-0.2, -0.15) is 16.7 Å². The minimum atomic E-state index is -1.01. The molecule has 1 aliphatic rings. The maximum absolute atomic E-state index is 12.5. The van der Waals surface area contributed by atoms with Crippen molar-refractivity contribution in [2.24, 2.45) is 0 Å². The Kier molecular flexibility index (Phi) is 3.50. The van der Waals surface area contributed by atoms with Crippen LogP contribution in [0.4, 0.5) is 0 Å². The monoisotopic (exact) mass is 307 g/mol. The van der Waals surface area contributed by atoms with Crippen molar-refractivity contribution in [3.63, 3.8) is 0 Å². The van der Waals surface area contributed by atoms with Crippen LogP contribution in [0.1, 0.15) is 16.3 Å². The molecule has 0 aromatic carbocycles. The lowest BCUT2D eigenvalue weighted by molar-refractivity contribution is -0.141. The number of amides is 1. The molecule has 110 valence electrons. The zero-order valence-corrected chi connectivity index (χ0v) is 12.1. The zero-order chi connectivity index (χ0) is 15.0. The summed E-state index contributed by atoms with van der Waals surface area (Å²) >= 11 is 1.52. The third kappa shape index (κ3) is 2.44. The zero-order valence-electron chi connectivity index (χ0n) is 11.3. The first kappa shape index (κ1) is 13.8. The number of aromatic nitrogens is 4. The van der Waals surface area contributed by atoms with Crippen LogP contribution >= 0.6 is 11.8 Å². The molecular weight excluding hydrogens is 294 g/mol. The average Bonchev–Trinajstić information content (AvgIpc) is 2.92. The molecule has 21 heavy (non-hydrogen) atoms. The standard InChI is InChI=1S/C12H13N5O3S/c1-7-2-3-13-12-14-9(15-17(7)12)10(18)16-4-5-21-6-8(16)11(19)20/h2-3,8H,4-6H2,1H3,(H,19,20). The number of carbonyl (C=O) groups is 2. The lowest BCUT2D eigenvalue weighted by atomic mass is 10.2. The molecule has 2 aromatic rings. The Hall–Kier alpha value is -2.16. The van der Waals surface area contributed by atoms with E-state index < -0.39 is 17.9 Å². The van der Waals surface area contributed by atoms with Gasteiger partial charge in [0.1, 0.15) is 6.04 Å². The highest BCUT2D eigenvalue weighted by atomic mass is 32.2. The van der Waals surface area contributed by atoms with Crippen LogP contribution in [0.15, 0.2) is 12.3 Å². The molecule has 0 spiro atoms.